The number of carbonyl (C=O) groups excluding carboxylic acids is 3. The Balaban J connectivity index is 1.63. The number of esters is 1. The van der Waals surface area contributed by atoms with Crippen LogP contribution in [-0.4, -0.2) is 64.0 Å². The molecule has 1 N–H and O–H groups in total. The number of aliphatic hydroxyl groups excluding tert-OH is 1. The van der Waals surface area contributed by atoms with Gasteiger partial charge in [0.25, 0.3) is 11.8 Å². The molecule has 2 fully saturated rings. The molecule has 1 aromatic heterocycles. The van der Waals surface area contributed by atoms with Crippen LogP contribution in [0.3, 0.4) is 0 Å². The zero-order valence-corrected chi connectivity index (χ0v) is 19.2. The lowest BCUT2D eigenvalue weighted by atomic mass is 9.75. The number of ether oxygens (including phenoxy) is 1. The monoisotopic (exact) mass is 454 g/mol. The van der Waals surface area contributed by atoms with Crippen molar-refractivity contribution in [3.63, 3.8) is 0 Å². The molecule has 0 radical (unpaired) electrons. The molecule has 8 heteroatoms. The van der Waals surface area contributed by atoms with Gasteiger partial charge >= 0.3 is 5.97 Å². The Hall–Kier alpha value is -3.13. The van der Waals surface area contributed by atoms with Crippen molar-refractivity contribution in [2.45, 2.75) is 51.8 Å². The molecule has 0 bridgehead atoms. The van der Waals surface area contributed by atoms with Gasteiger partial charge in [0.1, 0.15) is 23.5 Å². The first-order valence-corrected chi connectivity index (χ1v) is 11.3. The second-order valence-corrected chi connectivity index (χ2v) is 8.81. The van der Waals surface area contributed by atoms with E-state index in [-0.39, 0.29) is 19.1 Å². The van der Waals surface area contributed by atoms with Crippen LogP contribution >= 0.6 is 0 Å². The van der Waals surface area contributed by atoms with E-state index in [0.29, 0.717) is 43.0 Å². The number of benzene rings is 1. The van der Waals surface area contributed by atoms with Gasteiger partial charge in [-0.05, 0) is 45.2 Å². The second-order valence-electron chi connectivity index (χ2n) is 8.81. The number of hydrogen-bond acceptors (Lipinski definition) is 6. The zero-order valence-electron chi connectivity index (χ0n) is 19.2. The Morgan fingerprint density at radius 2 is 1.85 bits per heavy atom. The maximum Gasteiger partial charge on any atom is 0.314 e. The molecule has 0 saturated carbocycles. The number of hydrogen-bond donors (Lipinski definition) is 1. The van der Waals surface area contributed by atoms with Gasteiger partial charge in [-0.3, -0.25) is 14.4 Å². The summed E-state index contributed by atoms with van der Waals surface area (Å²) in [6.45, 7) is 6.40. The molecule has 2 aliphatic heterocycles. The summed E-state index contributed by atoms with van der Waals surface area (Å²) in [6, 6.07) is 11.2. The van der Waals surface area contributed by atoms with Crippen LogP contribution in [-0.2, 0) is 20.9 Å². The van der Waals surface area contributed by atoms with Crippen LogP contribution in [0, 0.1) is 19.8 Å². The zero-order chi connectivity index (χ0) is 23.8. The third-order valence-electron chi connectivity index (χ3n) is 6.86. The number of likely N-dealkylation sites (tertiary alicyclic amines) is 2. The van der Waals surface area contributed by atoms with Crippen molar-refractivity contribution in [2.75, 3.05) is 19.7 Å². The highest BCUT2D eigenvalue weighted by atomic mass is 16.5. The summed E-state index contributed by atoms with van der Waals surface area (Å²) in [5.41, 5.74) is 0.510. The lowest BCUT2D eigenvalue weighted by molar-refractivity contribution is -0.156. The summed E-state index contributed by atoms with van der Waals surface area (Å²) < 4.78 is 10.8. The molecule has 4 rings (SSSR count). The van der Waals surface area contributed by atoms with E-state index in [2.05, 4.69) is 0 Å². The van der Waals surface area contributed by atoms with Gasteiger partial charge in [-0.2, -0.15) is 0 Å². The van der Waals surface area contributed by atoms with Crippen molar-refractivity contribution in [1.82, 2.24) is 9.80 Å². The number of aliphatic hydroxyl groups is 1. The summed E-state index contributed by atoms with van der Waals surface area (Å²) in [5, 5.41) is 10.8. The molecule has 8 nitrogen and oxygen atoms in total. The average Bonchev–Trinajstić information content (AvgIpc) is 3.24. The fourth-order valence-electron chi connectivity index (χ4n) is 5.26. The Morgan fingerprint density at radius 3 is 2.42 bits per heavy atom. The minimum atomic E-state index is -1.46. The third kappa shape index (κ3) is 4.04. The highest BCUT2D eigenvalue weighted by Gasteiger charge is 2.62. The molecule has 2 aromatic rings. The van der Waals surface area contributed by atoms with Crippen molar-refractivity contribution in [2.24, 2.45) is 5.92 Å². The molecule has 0 unspecified atom stereocenters. The average molecular weight is 455 g/mol. The topological polar surface area (TPSA) is 100 Å². The van der Waals surface area contributed by atoms with E-state index < -0.39 is 29.4 Å². The van der Waals surface area contributed by atoms with Gasteiger partial charge in [0, 0.05) is 19.6 Å². The van der Waals surface area contributed by atoms with E-state index >= 15 is 0 Å². The van der Waals surface area contributed by atoms with E-state index in [1.807, 2.05) is 30.3 Å². The molecule has 2 atom stereocenters. The minimum absolute atomic E-state index is 0.133. The molecule has 1 aromatic carbocycles. The van der Waals surface area contributed by atoms with Crippen molar-refractivity contribution < 1.29 is 28.6 Å². The van der Waals surface area contributed by atoms with Crippen LogP contribution in [0.5, 0.6) is 0 Å². The Bertz CT molecular complexity index is 1040. The number of furan rings is 1. The second kappa shape index (κ2) is 9.02. The molecule has 176 valence electrons. The number of piperidine rings is 1. The Morgan fingerprint density at radius 1 is 1.18 bits per heavy atom. The minimum Gasteiger partial charge on any atom is -0.466 e. The maximum atomic E-state index is 13.2. The van der Waals surface area contributed by atoms with Crippen LogP contribution in [0.15, 0.2) is 40.8 Å². The van der Waals surface area contributed by atoms with Gasteiger partial charge in [-0.15, -0.1) is 0 Å². The molecule has 0 aliphatic carbocycles. The lowest BCUT2D eigenvalue weighted by Gasteiger charge is -2.47. The first kappa shape index (κ1) is 23.0. The predicted octanol–water partition coefficient (Wildman–Crippen LogP) is 2.45. The Kier molecular flexibility index (Phi) is 6.30. The normalized spacial score (nSPS) is 22.1. The van der Waals surface area contributed by atoms with Crippen LogP contribution < -0.4 is 0 Å². The molecule has 2 saturated heterocycles. The molecular formula is C25H30N2O6. The van der Waals surface area contributed by atoms with E-state index in [9.17, 15) is 19.5 Å². The number of aryl methyl sites for hydroxylation is 2. The van der Waals surface area contributed by atoms with E-state index in [1.54, 1.807) is 36.6 Å². The summed E-state index contributed by atoms with van der Waals surface area (Å²) in [7, 11) is 0. The molecule has 33 heavy (non-hydrogen) atoms. The van der Waals surface area contributed by atoms with Crippen molar-refractivity contribution >= 4 is 17.8 Å². The predicted molar refractivity (Wildman–Crippen MR) is 119 cm³/mol. The van der Waals surface area contributed by atoms with E-state index in [1.165, 1.54) is 0 Å². The summed E-state index contributed by atoms with van der Waals surface area (Å²) in [6.07, 6.45) is -0.727. The number of rotatable bonds is 5. The van der Waals surface area contributed by atoms with Crippen LogP contribution in [0.4, 0.5) is 0 Å². The largest absolute Gasteiger partial charge is 0.466 e. The van der Waals surface area contributed by atoms with Gasteiger partial charge in [-0.25, -0.2) is 0 Å². The van der Waals surface area contributed by atoms with Gasteiger partial charge < -0.3 is 24.1 Å². The SMILES string of the molecule is CCOC(=O)[C@H]1[C@@H](O)C(=O)N(Cc2ccccc2)C12CCN(C(=O)c1cc(C)oc1C)CC2. The highest BCUT2D eigenvalue weighted by molar-refractivity contribution is 5.96. The first-order chi connectivity index (χ1) is 15.8. The lowest BCUT2D eigenvalue weighted by Crippen LogP contribution is -2.58. The van der Waals surface area contributed by atoms with Gasteiger partial charge in [0.2, 0.25) is 0 Å². The molecule has 3 heterocycles. The molecule has 1 spiro atoms. The van der Waals surface area contributed by atoms with Gasteiger partial charge in [0.05, 0.1) is 17.7 Å². The van der Waals surface area contributed by atoms with Crippen molar-refractivity contribution in [3.8, 4) is 0 Å². The van der Waals surface area contributed by atoms with E-state index in [4.69, 9.17) is 9.15 Å². The molecule has 2 aliphatic rings. The highest BCUT2D eigenvalue weighted by Crippen LogP contribution is 2.45. The van der Waals surface area contributed by atoms with Crippen molar-refractivity contribution in [3.05, 3.63) is 59.0 Å². The standard InChI is InChI=1S/C25H30N2O6/c1-4-32-24(31)20-21(28)23(30)27(15-18-8-6-5-7-9-18)25(20)10-12-26(13-11-25)22(29)19-14-16(2)33-17(19)3/h5-9,14,20-21,28H,4,10-13,15H2,1-3H3/t20-,21-/m1/s1. The summed E-state index contributed by atoms with van der Waals surface area (Å²) >= 11 is 0. The summed E-state index contributed by atoms with van der Waals surface area (Å²) in [4.78, 5) is 42.5. The fraction of sp³-hybridized carbons (Fsp3) is 0.480. The first-order valence-electron chi connectivity index (χ1n) is 11.3. The number of amides is 2. The third-order valence-corrected chi connectivity index (χ3v) is 6.86. The maximum absolute atomic E-state index is 13.2. The van der Waals surface area contributed by atoms with Gasteiger partial charge in [-0.1, -0.05) is 30.3 Å². The quantitative estimate of drug-likeness (QED) is 0.697. The van der Waals surface area contributed by atoms with Gasteiger partial charge in [0.15, 0.2) is 0 Å². The molecular weight excluding hydrogens is 424 g/mol. The molecule has 2 amide bonds. The number of carbonyl (C=O) groups is 3. The van der Waals surface area contributed by atoms with Crippen molar-refractivity contribution in [1.29, 1.82) is 0 Å². The van der Waals surface area contributed by atoms with E-state index in [0.717, 1.165) is 5.56 Å². The smallest absolute Gasteiger partial charge is 0.314 e. The fourth-order valence-corrected chi connectivity index (χ4v) is 5.26. The number of nitrogens with zero attached hydrogens (tertiary/aromatic N) is 2. The Labute approximate surface area is 193 Å². The van der Waals surface area contributed by atoms with Crippen LogP contribution in [0.25, 0.3) is 0 Å². The van der Waals surface area contributed by atoms with Crippen LogP contribution in [0.1, 0.15) is 47.2 Å². The summed E-state index contributed by atoms with van der Waals surface area (Å²) in [5.74, 6) is -0.937. The van der Waals surface area contributed by atoms with Crippen LogP contribution in [0.2, 0.25) is 0 Å².